The lowest BCUT2D eigenvalue weighted by Gasteiger charge is -2.30. The highest BCUT2D eigenvalue weighted by molar-refractivity contribution is 5.84. The molecule has 0 saturated carbocycles. The fraction of sp³-hybridized carbons (Fsp3) is 0.933. The lowest BCUT2D eigenvalue weighted by molar-refractivity contribution is -0.125. The predicted octanol–water partition coefficient (Wildman–Crippen LogP) is 2.46. The topological polar surface area (TPSA) is 64.3 Å². The van der Waals surface area contributed by atoms with E-state index in [0.717, 1.165) is 26.0 Å². The number of primary amides is 1. The average molecular weight is 272 g/mol. The summed E-state index contributed by atoms with van der Waals surface area (Å²) in [6.45, 7) is 11.9. The molecule has 0 spiro atoms. The molecule has 0 aliphatic carbocycles. The van der Waals surface area contributed by atoms with E-state index >= 15 is 0 Å². The Labute approximate surface area is 118 Å². The van der Waals surface area contributed by atoms with Crippen LogP contribution in [0.4, 0.5) is 0 Å². The van der Waals surface area contributed by atoms with Crippen LogP contribution >= 0.6 is 0 Å². The van der Waals surface area contributed by atoms with Crippen LogP contribution in [0, 0.1) is 5.92 Å². The largest absolute Gasteiger partial charge is 0.378 e. The molecule has 0 aliphatic rings. The highest BCUT2D eigenvalue weighted by Gasteiger charge is 2.32. The lowest BCUT2D eigenvalue weighted by Crippen LogP contribution is -2.55. The van der Waals surface area contributed by atoms with Crippen LogP contribution in [-0.4, -0.2) is 30.7 Å². The third-order valence-electron chi connectivity index (χ3n) is 3.33. The van der Waals surface area contributed by atoms with Gasteiger partial charge in [0.2, 0.25) is 5.91 Å². The average Bonchev–Trinajstić information content (AvgIpc) is 2.31. The number of rotatable bonds is 11. The van der Waals surface area contributed by atoms with E-state index in [0.29, 0.717) is 12.3 Å². The van der Waals surface area contributed by atoms with Crippen molar-refractivity contribution in [2.75, 3.05) is 13.2 Å². The highest BCUT2D eigenvalue weighted by atomic mass is 16.5. The van der Waals surface area contributed by atoms with Crippen LogP contribution < -0.4 is 11.1 Å². The fourth-order valence-electron chi connectivity index (χ4n) is 2.07. The Balaban J connectivity index is 4.09. The third-order valence-corrected chi connectivity index (χ3v) is 3.33. The second-order valence-corrected chi connectivity index (χ2v) is 6.04. The van der Waals surface area contributed by atoms with E-state index in [4.69, 9.17) is 10.5 Å². The number of hydrogen-bond donors (Lipinski definition) is 2. The van der Waals surface area contributed by atoms with E-state index in [2.05, 4.69) is 26.1 Å². The molecule has 0 heterocycles. The van der Waals surface area contributed by atoms with Crippen molar-refractivity contribution in [1.82, 2.24) is 5.32 Å². The molecule has 0 radical (unpaired) electrons. The highest BCUT2D eigenvalue weighted by Crippen LogP contribution is 2.15. The van der Waals surface area contributed by atoms with Gasteiger partial charge in [0.05, 0.1) is 11.6 Å². The Morgan fingerprint density at radius 1 is 1.37 bits per heavy atom. The maximum Gasteiger partial charge on any atom is 0.237 e. The first-order chi connectivity index (χ1) is 8.81. The Hall–Kier alpha value is -0.610. The Morgan fingerprint density at radius 2 is 2.00 bits per heavy atom. The molecule has 0 saturated heterocycles. The van der Waals surface area contributed by atoms with Gasteiger partial charge in [-0.25, -0.2) is 0 Å². The Bertz CT molecular complexity index is 257. The van der Waals surface area contributed by atoms with Crippen LogP contribution in [-0.2, 0) is 9.53 Å². The van der Waals surface area contributed by atoms with Gasteiger partial charge in [-0.2, -0.15) is 0 Å². The quantitative estimate of drug-likeness (QED) is 0.568. The summed E-state index contributed by atoms with van der Waals surface area (Å²) in [6, 6.07) is 0. The van der Waals surface area contributed by atoms with Crippen molar-refractivity contribution in [3.8, 4) is 0 Å². The summed E-state index contributed by atoms with van der Waals surface area (Å²) in [5.41, 5.74) is 4.82. The van der Waals surface area contributed by atoms with Crippen molar-refractivity contribution < 1.29 is 9.53 Å². The van der Waals surface area contributed by atoms with E-state index in [1.165, 1.54) is 6.42 Å². The number of ether oxygens (including phenoxy) is 1. The second-order valence-electron chi connectivity index (χ2n) is 6.04. The summed E-state index contributed by atoms with van der Waals surface area (Å²) < 4.78 is 5.77. The number of carbonyl (C=O) groups is 1. The maximum atomic E-state index is 11.6. The van der Waals surface area contributed by atoms with Crippen LogP contribution in [0.15, 0.2) is 0 Å². The molecule has 3 N–H and O–H groups in total. The first-order valence-corrected chi connectivity index (χ1v) is 7.48. The third kappa shape index (κ3) is 8.22. The van der Waals surface area contributed by atoms with Crippen molar-refractivity contribution in [1.29, 1.82) is 0 Å². The van der Waals surface area contributed by atoms with Gasteiger partial charge in [0, 0.05) is 13.0 Å². The number of hydrogen-bond acceptors (Lipinski definition) is 3. The molecular formula is C15H32N2O2. The van der Waals surface area contributed by atoms with Crippen molar-refractivity contribution in [3.05, 3.63) is 0 Å². The Kier molecular flexibility index (Phi) is 9.02. The summed E-state index contributed by atoms with van der Waals surface area (Å²) in [4.78, 5) is 11.6. The Morgan fingerprint density at radius 3 is 2.47 bits per heavy atom. The second kappa shape index (κ2) is 9.32. The minimum atomic E-state index is -0.673. The molecule has 4 nitrogen and oxygen atoms in total. The molecule has 2 atom stereocenters. The molecule has 0 aliphatic heterocycles. The molecule has 0 aromatic heterocycles. The zero-order chi connectivity index (χ0) is 14.9. The van der Waals surface area contributed by atoms with Crippen LogP contribution in [0.3, 0.4) is 0 Å². The van der Waals surface area contributed by atoms with Gasteiger partial charge in [0.1, 0.15) is 0 Å². The number of nitrogens with two attached hydrogens (primary N) is 1. The minimum absolute atomic E-state index is 0.0361. The number of amides is 1. The normalized spacial score (nSPS) is 16.3. The SMILES string of the molecule is CCCNC(C)(CC(C)OCCCC(C)C)C(N)=O. The molecule has 2 unspecified atom stereocenters. The van der Waals surface area contributed by atoms with Crippen molar-refractivity contribution in [2.45, 2.75) is 71.9 Å². The van der Waals surface area contributed by atoms with Gasteiger partial charge in [-0.05, 0) is 45.6 Å². The van der Waals surface area contributed by atoms with Crippen molar-refractivity contribution >= 4 is 5.91 Å². The maximum absolute atomic E-state index is 11.6. The van der Waals surface area contributed by atoms with E-state index < -0.39 is 5.54 Å². The molecule has 0 rings (SSSR count). The summed E-state index contributed by atoms with van der Waals surface area (Å²) in [7, 11) is 0. The molecular weight excluding hydrogens is 240 g/mol. The molecule has 4 heteroatoms. The van der Waals surface area contributed by atoms with Crippen LogP contribution in [0.1, 0.15) is 60.3 Å². The standard InChI is InChI=1S/C15H32N2O2/c1-6-9-17-15(5,14(16)18)11-13(4)19-10-7-8-12(2)3/h12-13,17H,6-11H2,1-5H3,(H2,16,18). The lowest BCUT2D eigenvalue weighted by atomic mass is 9.93. The van der Waals surface area contributed by atoms with Gasteiger partial charge < -0.3 is 15.8 Å². The van der Waals surface area contributed by atoms with Gasteiger partial charge in [-0.3, -0.25) is 4.79 Å². The monoisotopic (exact) mass is 272 g/mol. The molecule has 0 aromatic rings. The van der Waals surface area contributed by atoms with Crippen LogP contribution in [0.25, 0.3) is 0 Å². The molecule has 114 valence electrons. The summed E-state index contributed by atoms with van der Waals surface area (Å²) in [6.07, 6.45) is 3.87. The minimum Gasteiger partial charge on any atom is -0.378 e. The van der Waals surface area contributed by atoms with Gasteiger partial charge in [-0.1, -0.05) is 20.8 Å². The molecule has 0 fully saturated rings. The van der Waals surface area contributed by atoms with Crippen LogP contribution in [0.5, 0.6) is 0 Å². The number of carbonyl (C=O) groups excluding carboxylic acids is 1. The summed E-state index contributed by atoms with van der Waals surface area (Å²) >= 11 is 0. The van der Waals surface area contributed by atoms with Crippen molar-refractivity contribution in [2.24, 2.45) is 11.7 Å². The van der Waals surface area contributed by atoms with E-state index in [1.807, 2.05) is 13.8 Å². The summed E-state index contributed by atoms with van der Waals surface area (Å²) in [5.74, 6) is 0.402. The van der Waals surface area contributed by atoms with Gasteiger partial charge in [0.25, 0.3) is 0 Å². The molecule has 0 aromatic carbocycles. The van der Waals surface area contributed by atoms with E-state index in [1.54, 1.807) is 0 Å². The van der Waals surface area contributed by atoms with E-state index in [9.17, 15) is 4.79 Å². The predicted molar refractivity (Wildman–Crippen MR) is 80.0 cm³/mol. The van der Waals surface area contributed by atoms with E-state index in [-0.39, 0.29) is 12.0 Å². The fourth-order valence-corrected chi connectivity index (χ4v) is 2.07. The molecule has 1 amide bonds. The first-order valence-electron chi connectivity index (χ1n) is 7.48. The first kappa shape index (κ1) is 18.4. The van der Waals surface area contributed by atoms with Crippen LogP contribution in [0.2, 0.25) is 0 Å². The zero-order valence-corrected chi connectivity index (χ0v) is 13.3. The molecule has 0 bridgehead atoms. The smallest absolute Gasteiger partial charge is 0.237 e. The molecule has 19 heavy (non-hydrogen) atoms. The summed E-state index contributed by atoms with van der Waals surface area (Å²) in [5, 5.41) is 3.23. The van der Waals surface area contributed by atoms with Gasteiger partial charge >= 0.3 is 0 Å². The van der Waals surface area contributed by atoms with Crippen molar-refractivity contribution in [3.63, 3.8) is 0 Å². The van der Waals surface area contributed by atoms with Gasteiger partial charge in [0.15, 0.2) is 0 Å². The zero-order valence-electron chi connectivity index (χ0n) is 13.3. The number of nitrogens with one attached hydrogen (secondary N) is 1. The van der Waals surface area contributed by atoms with Gasteiger partial charge in [-0.15, -0.1) is 0 Å².